The number of rotatable bonds is 13. The third-order valence-electron chi connectivity index (χ3n) is 11.3. The van der Waals surface area contributed by atoms with Crippen molar-refractivity contribution in [2.45, 2.75) is 116 Å². The van der Waals surface area contributed by atoms with Gasteiger partial charge in [-0.3, -0.25) is 9.00 Å². The van der Waals surface area contributed by atoms with Crippen LogP contribution in [-0.2, 0) is 15.6 Å². The van der Waals surface area contributed by atoms with Gasteiger partial charge in [0, 0.05) is 35.1 Å². The monoisotopic (exact) mass is 618 g/mol. The minimum atomic E-state index is -5.55. The first-order valence-electron chi connectivity index (χ1n) is 15.7. The Morgan fingerprint density at radius 3 is 2.29 bits per heavy atom. The van der Waals surface area contributed by atoms with Gasteiger partial charge in [-0.25, -0.2) is 0 Å². The van der Waals surface area contributed by atoms with Gasteiger partial charge in [-0.05, 0) is 97.2 Å². The predicted molar refractivity (Wildman–Crippen MR) is 157 cm³/mol. The van der Waals surface area contributed by atoms with Crippen molar-refractivity contribution in [1.29, 1.82) is 0 Å². The molecule has 4 rings (SSSR count). The molecule has 9 heteroatoms. The molecule has 3 fully saturated rings. The number of fused-ring (bicyclic) bond motifs is 5. The Morgan fingerprint density at radius 1 is 0.952 bits per heavy atom. The van der Waals surface area contributed by atoms with Crippen LogP contribution in [0.3, 0.4) is 0 Å². The maximum atomic E-state index is 13.0. The second-order valence-corrected chi connectivity index (χ2v) is 15.5. The van der Waals surface area contributed by atoms with Crippen LogP contribution in [0.25, 0.3) is 0 Å². The quantitative estimate of drug-likeness (QED) is 0.127. The first kappa shape index (κ1) is 33.4. The third-order valence-corrected chi connectivity index (χ3v) is 12.8. The van der Waals surface area contributed by atoms with Crippen molar-refractivity contribution in [2.75, 3.05) is 11.5 Å². The molecule has 3 nitrogen and oxygen atoms in total. The number of hydrogen-bond acceptors (Lipinski definition) is 3. The highest BCUT2D eigenvalue weighted by molar-refractivity contribution is 7.84. The molecule has 3 saturated carbocycles. The van der Waals surface area contributed by atoms with Crippen LogP contribution in [0.4, 0.5) is 22.0 Å². The molecule has 42 heavy (non-hydrogen) atoms. The largest absolute Gasteiger partial charge is 0.508 e. The van der Waals surface area contributed by atoms with Crippen LogP contribution in [0.2, 0.25) is 0 Å². The van der Waals surface area contributed by atoms with Crippen molar-refractivity contribution in [1.82, 2.24) is 0 Å². The van der Waals surface area contributed by atoms with E-state index in [1.54, 1.807) is 0 Å². The molecule has 238 valence electrons. The fourth-order valence-corrected chi connectivity index (χ4v) is 9.83. The zero-order chi connectivity index (χ0) is 30.9. The van der Waals surface area contributed by atoms with Crippen LogP contribution in [-0.4, -0.2) is 38.7 Å². The number of allylic oxidation sites excluding steroid dienone is 4. The molecule has 0 aromatic heterocycles. The molecule has 0 aliphatic heterocycles. The fraction of sp³-hybridized carbons (Fsp3) is 0.788. The van der Waals surface area contributed by atoms with Crippen LogP contribution < -0.4 is 0 Å². The SMILES string of the molecule is C=C1C(=O)CC2C3C(CCCCCCCCS(=O)CCCC(F)(F)C(F)(F)F)CC4=CC(O)=CCC4(C)C3CC[C@]12C. The van der Waals surface area contributed by atoms with Crippen molar-refractivity contribution in [3.05, 3.63) is 35.6 Å². The lowest BCUT2D eigenvalue weighted by atomic mass is 9.45. The highest BCUT2D eigenvalue weighted by Crippen LogP contribution is 2.67. The molecule has 1 N–H and O–H groups in total. The van der Waals surface area contributed by atoms with Crippen LogP contribution in [0.5, 0.6) is 0 Å². The average Bonchev–Trinajstić information content (AvgIpc) is 3.14. The van der Waals surface area contributed by atoms with Gasteiger partial charge < -0.3 is 5.11 Å². The summed E-state index contributed by atoms with van der Waals surface area (Å²) >= 11 is 0. The topological polar surface area (TPSA) is 54.4 Å². The van der Waals surface area contributed by atoms with Gasteiger partial charge in [0.2, 0.25) is 0 Å². The zero-order valence-corrected chi connectivity index (χ0v) is 25.9. The summed E-state index contributed by atoms with van der Waals surface area (Å²) in [6.45, 7) is 8.83. The molecular weight excluding hydrogens is 571 g/mol. The Hall–Kier alpha value is -1.51. The molecule has 0 bridgehead atoms. The van der Waals surface area contributed by atoms with Crippen molar-refractivity contribution in [2.24, 2.45) is 34.5 Å². The van der Waals surface area contributed by atoms with Gasteiger partial charge >= 0.3 is 12.1 Å². The third kappa shape index (κ3) is 6.76. The highest BCUT2D eigenvalue weighted by Gasteiger charge is 2.61. The Kier molecular flexibility index (Phi) is 10.2. The summed E-state index contributed by atoms with van der Waals surface area (Å²) in [6.07, 6.45) is 7.94. The first-order chi connectivity index (χ1) is 19.6. The highest BCUT2D eigenvalue weighted by atomic mass is 32.2. The van der Waals surface area contributed by atoms with E-state index in [0.717, 1.165) is 69.8 Å². The number of aliphatic hydroxyl groups is 1. The molecule has 0 amide bonds. The number of aliphatic hydroxyl groups excluding tert-OH is 1. The van der Waals surface area contributed by atoms with E-state index in [2.05, 4.69) is 20.4 Å². The second kappa shape index (κ2) is 12.8. The summed E-state index contributed by atoms with van der Waals surface area (Å²) in [7, 11) is -1.38. The van der Waals surface area contributed by atoms with Crippen LogP contribution >= 0.6 is 0 Å². The smallest absolute Gasteiger partial charge is 0.453 e. The number of carbonyl (C=O) groups is 1. The van der Waals surface area contributed by atoms with Crippen LogP contribution in [0, 0.1) is 34.5 Å². The Morgan fingerprint density at radius 2 is 1.60 bits per heavy atom. The van der Waals surface area contributed by atoms with Crippen molar-refractivity contribution in [3.8, 4) is 0 Å². The predicted octanol–water partition coefficient (Wildman–Crippen LogP) is 9.42. The molecule has 0 radical (unpaired) electrons. The lowest BCUT2D eigenvalue weighted by Gasteiger charge is -2.59. The van der Waals surface area contributed by atoms with Gasteiger partial charge in [-0.15, -0.1) is 0 Å². The molecule has 0 aromatic carbocycles. The Balaban J connectivity index is 1.23. The maximum absolute atomic E-state index is 13.0. The van der Waals surface area contributed by atoms with E-state index < -0.39 is 35.7 Å². The number of unbranched alkanes of at least 4 members (excludes halogenated alkanes) is 5. The number of hydrogen-bond donors (Lipinski definition) is 1. The summed E-state index contributed by atoms with van der Waals surface area (Å²) in [5.74, 6) is -2.16. The zero-order valence-electron chi connectivity index (χ0n) is 25.0. The molecule has 6 unspecified atom stereocenters. The van der Waals surface area contributed by atoms with Gasteiger partial charge in [0.15, 0.2) is 5.78 Å². The van der Waals surface area contributed by atoms with Crippen molar-refractivity contribution in [3.63, 3.8) is 0 Å². The van der Waals surface area contributed by atoms with Gasteiger partial charge in [-0.2, -0.15) is 22.0 Å². The molecule has 4 aliphatic rings. The molecule has 4 aliphatic carbocycles. The second-order valence-electron chi connectivity index (χ2n) is 13.8. The van der Waals surface area contributed by atoms with Crippen molar-refractivity contribution >= 4 is 16.6 Å². The number of carbonyl (C=O) groups excluding carboxylic acids is 1. The molecule has 0 aromatic rings. The number of ketones is 1. The summed E-state index contributed by atoms with van der Waals surface area (Å²) in [5, 5.41) is 10.3. The van der Waals surface area contributed by atoms with E-state index in [9.17, 15) is 36.1 Å². The normalized spacial score (nSPS) is 33.9. The summed E-state index contributed by atoms with van der Waals surface area (Å²) in [6, 6.07) is 0. The van der Waals surface area contributed by atoms with E-state index >= 15 is 0 Å². The summed E-state index contributed by atoms with van der Waals surface area (Å²) in [5.41, 5.74) is 2.09. The van der Waals surface area contributed by atoms with E-state index in [1.165, 1.54) is 5.57 Å². The van der Waals surface area contributed by atoms with Gasteiger partial charge in [0.25, 0.3) is 0 Å². The minimum absolute atomic E-state index is 0.0288. The average molecular weight is 619 g/mol. The standard InChI is InChI=1S/C33H47F5O3S/c1-22-28(40)21-27-29-23(19-24-20-25(39)12-15-31(24,3)26(29)13-16-30(22,27)2)11-8-6-4-5-7-9-17-42(41)18-10-14-32(34,35)33(36,37)38/h12,20,23,26-27,29,39H,1,4-11,13-19,21H2,2-3H3/t23?,26?,27?,29?,30-,31?,42?/m1/s1. The number of halogens is 5. The number of alkyl halides is 5. The molecule has 0 spiro atoms. The van der Waals surface area contributed by atoms with Crippen LogP contribution in [0.1, 0.15) is 104 Å². The number of Topliss-reactive ketones (excluding diaryl/α,β-unsaturated/α-hetero) is 1. The van der Waals surface area contributed by atoms with E-state index in [-0.39, 0.29) is 22.4 Å². The van der Waals surface area contributed by atoms with Gasteiger partial charge in [-0.1, -0.05) is 58.1 Å². The molecule has 7 atom stereocenters. The summed E-state index contributed by atoms with van der Waals surface area (Å²) in [4.78, 5) is 12.8. The van der Waals surface area contributed by atoms with E-state index in [0.29, 0.717) is 48.0 Å². The van der Waals surface area contributed by atoms with Gasteiger partial charge in [0.05, 0.1) is 0 Å². The van der Waals surface area contributed by atoms with Crippen LogP contribution in [0.15, 0.2) is 35.6 Å². The lowest BCUT2D eigenvalue weighted by molar-refractivity contribution is -0.284. The van der Waals surface area contributed by atoms with E-state index in [4.69, 9.17) is 0 Å². The van der Waals surface area contributed by atoms with Crippen molar-refractivity contribution < 1.29 is 36.1 Å². The van der Waals surface area contributed by atoms with Gasteiger partial charge in [0.1, 0.15) is 5.76 Å². The molecule has 0 saturated heterocycles. The molecular formula is C33H47F5O3S. The lowest BCUT2D eigenvalue weighted by Crippen LogP contribution is -2.52. The summed E-state index contributed by atoms with van der Waals surface area (Å²) < 4.78 is 74.8. The Bertz CT molecular complexity index is 1110. The minimum Gasteiger partial charge on any atom is -0.508 e. The molecule has 0 heterocycles. The van der Waals surface area contributed by atoms with E-state index in [1.807, 2.05) is 12.2 Å². The Labute approximate surface area is 249 Å². The maximum Gasteiger partial charge on any atom is 0.453 e. The first-order valence-corrected chi connectivity index (χ1v) is 17.2. The fourth-order valence-electron chi connectivity index (χ4n) is 8.64.